The highest BCUT2D eigenvalue weighted by Gasteiger charge is 2.21. The van der Waals surface area contributed by atoms with E-state index in [2.05, 4.69) is 20.4 Å². The Kier molecular flexibility index (Phi) is 4.86. The number of hydrogen-bond donors (Lipinski definition) is 1. The first-order valence-electron chi connectivity index (χ1n) is 7.58. The number of benzene rings is 1. The lowest BCUT2D eigenvalue weighted by Gasteiger charge is -2.11. The van der Waals surface area contributed by atoms with E-state index in [-0.39, 0.29) is 0 Å². The number of fused-ring (bicyclic) bond motifs is 1. The van der Waals surface area contributed by atoms with E-state index in [1.165, 1.54) is 0 Å². The molecule has 1 amide bonds. The largest absolute Gasteiger partial charge is 0.323 e. The summed E-state index contributed by atoms with van der Waals surface area (Å²) >= 11 is 1.04. The van der Waals surface area contributed by atoms with E-state index >= 15 is 0 Å². The van der Waals surface area contributed by atoms with E-state index in [1.807, 2.05) is 19.9 Å². The standard InChI is InChI=1S/C16H14F3N5OS/c1-7-6-8(2)24-15(20-7)22-16(23-24)26-9(3)14(25)21-11-5-4-10(17)12(18)13(11)19/h4-6,9H,1-3H3,(H,21,25)/t9-/m0/s1. The number of halogens is 3. The maximum Gasteiger partial charge on any atom is 0.253 e. The van der Waals surface area contributed by atoms with Gasteiger partial charge in [0.05, 0.1) is 10.9 Å². The van der Waals surface area contributed by atoms with Crippen LogP contribution in [-0.2, 0) is 4.79 Å². The monoisotopic (exact) mass is 381 g/mol. The molecule has 6 nitrogen and oxygen atoms in total. The molecule has 10 heteroatoms. The molecule has 2 aromatic heterocycles. The van der Waals surface area contributed by atoms with Gasteiger partial charge in [-0.1, -0.05) is 11.8 Å². The van der Waals surface area contributed by atoms with E-state index in [4.69, 9.17) is 0 Å². The minimum Gasteiger partial charge on any atom is -0.323 e. The number of thioether (sulfide) groups is 1. The van der Waals surface area contributed by atoms with Crippen LogP contribution in [0.15, 0.2) is 23.4 Å². The molecule has 1 N–H and O–H groups in total. The van der Waals surface area contributed by atoms with Gasteiger partial charge in [0.15, 0.2) is 17.5 Å². The quantitative estimate of drug-likeness (QED) is 0.555. The van der Waals surface area contributed by atoms with Gasteiger partial charge < -0.3 is 5.32 Å². The molecule has 26 heavy (non-hydrogen) atoms. The maximum atomic E-state index is 13.7. The summed E-state index contributed by atoms with van der Waals surface area (Å²) < 4.78 is 41.4. The number of anilines is 1. The number of aryl methyl sites for hydroxylation is 2. The third-order valence-electron chi connectivity index (χ3n) is 3.54. The van der Waals surface area contributed by atoms with Crippen LogP contribution in [-0.4, -0.2) is 30.7 Å². The predicted molar refractivity (Wildman–Crippen MR) is 90.5 cm³/mol. The average molecular weight is 381 g/mol. The van der Waals surface area contributed by atoms with Crippen LogP contribution in [0.2, 0.25) is 0 Å². The van der Waals surface area contributed by atoms with Gasteiger partial charge >= 0.3 is 0 Å². The van der Waals surface area contributed by atoms with E-state index in [9.17, 15) is 18.0 Å². The molecule has 1 atom stereocenters. The highest BCUT2D eigenvalue weighted by atomic mass is 32.2. The summed E-state index contributed by atoms with van der Waals surface area (Å²) in [6.45, 7) is 5.25. The van der Waals surface area contributed by atoms with Gasteiger partial charge in [-0.05, 0) is 39.0 Å². The summed E-state index contributed by atoms with van der Waals surface area (Å²) in [6, 6.07) is 3.55. The normalized spacial score (nSPS) is 12.4. The summed E-state index contributed by atoms with van der Waals surface area (Å²) in [6.07, 6.45) is 0. The second-order valence-electron chi connectivity index (χ2n) is 5.62. The summed E-state index contributed by atoms with van der Waals surface area (Å²) in [4.78, 5) is 20.7. The fourth-order valence-corrected chi connectivity index (χ4v) is 3.01. The second-order valence-corrected chi connectivity index (χ2v) is 6.93. The topological polar surface area (TPSA) is 72.2 Å². The molecule has 0 saturated heterocycles. The molecule has 136 valence electrons. The Balaban J connectivity index is 1.75. The number of nitrogens with zero attached hydrogens (tertiary/aromatic N) is 4. The Morgan fingerprint density at radius 1 is 1.19 bits per heavy atom. The Bertz CT molecular complexity index is 1010. The van der Waals surface area contributed by atoms with Crippen LogP contribution >= 0.6 is 11.8 Å². The van der Waals surface area contributed by atoms with Gasteiger partial charge in [0.2, 0.25) is 11.1 Å². The van der Waals surface area contributed by atoms with Crippen molar-refractivity contribution in [2.24, 2.45) is 0 Å². The highest BCUT2D eigenvalue weighted by Crippen LogP contribution is 2.24. The molecule has 0 radical (unpaired) electrons. The molecule has 2 heterocycles. The number of rotatable bonds is 4. The third-order valence-corrected chi connectivity index (χ3v) is 4.49. The third kappa shape index (κ3) is 3.50. The zero-order valence-corrected chi connectivity index (χ0v) is 14.9. The Morgan fingerprint density at radius 2 is 1.92 bits per heavy atom. The van der Waals surface area contributed by atoms with Gasteiger partial charge in [-0.25, -0.2) is 22.7 Å². The van der Waals surface area contributed by atoms with Crippen LogP contribution in [0.25, 0.3) is 5.78 Å². The second kappa shape index (κ2) is 6.94. The summed E-state index contributed by atoms with van der Waals surface area (Å²) in [5.74, 6) is -4.60. The molecule has 3 rings (SSSR count). The number of hydrogen-bond acceptors (Lipinski definition) is 5. The molecule has 0 aliphatic heterocycles. The van der Waals surface area contributed by atoms with E-state index in [1.54, 1.807) is 11.4 Å². The van der Waals surface area contributed by atoms with Crippen molar-refractivity contribution < 1.29 is 18.0 Å². The first kappa shape index (κ1) is 18.2. The van der Waals surface area contributed by atoms with Crippen molar-refractivity contribution in [1.29, 1.82) is 0 Å². The van der Waals surface area contributed by atoms with Gasteiger partial charge in [-0.15, -0.1) is 5.10 Å². The lowest BCUT2D eigenvalue weighted by Crippen LogP contribution is -2.23. The number of nitrogens with one attached hydrogen (secondary N) is 1. The van der Waals surface area contributed by atoms with Crippen LogP contribution < -0.4 is 5.32 Å². The first-order chi connectivity index (χ1) is 12.3. The Morgan fingerprint density at radius 3 is 2.65 bits per heavy atom. The van der Waals surface area contributed by atoms with Gasteiger partial charge in [-0.2, -0.15) is 4.98 Å². The molecule has 0 aliphatic carbocycles. The molecule has 3 aromatic rings. The minimum absolute atomic E-state index is 0.319. The van der Waals surface area contributed by atoms with Crippen molar-refractivity contribution in [3.8, 4) is 0 Å². The van der Waals surface area contributed by atoms with Crippen LogP contribution in [0.3, 0.4) is 0 Å². The lowest BCUT2D eigenvalue weighted by atomic mass is 10.2. The molecule has 0 spiro atoms. The van der Waals surface area contributed by atoms with Crippen LogP contribution in [0.1, 0.15) is 18.3 Å². The zero-order chi connectivity index (χ0) is 19.0. The summed E-state index contributed by atoms with van der Waals surface area (Å²) in [5, 5.41) is 6.11. The van der Waals surface area contributed by atoms with Crippen LogP contribution in [0.5, 0.6) is 0 Å². The van der Waals surface area contributed by atoms with Gasteiger partial charge in [-0.3, -0.25) is 4.79 Å². The summed E-state index contributed by atoms with van der Waals surface area (Å²) in [7, 11) is 0. The van der Waals surface area contributed by atoms with E-state index < -0.39 is 34.3 Å². The van der Waals surface area contributed by atoms with Crippen molar-refractivity contribution in [3.63, 3.8) is 0 Å². The molecule has 0 fully saturated rings. The number of carbonyl (C=O) groups excluding carboxylic acids is 1. The van der Waals surface area contributed by atoms with Gasteiger partial charge in [0.1, 0.15) is 0 Å². The molecular formula is C16H14F3N5OS. The molecule has 0 saturated carbocycles. The predicted octanol–water partition coefficient (Wildman–Crippen LogP) is 3.28. The lowest BCUT2D eigenvalue weighted by molar-refractivity contribution is -0.115. The smallest absolute Gasteiger partial charge is 0.253 e. The fraction of sp³-hybridized carbons (Fsp3) is 0.250. The molecule has 0 aliphatic rings. The SMILES string of the molecule is Cc1cc(C)n2nc(S[C@@H](C)C(=O)Nc3ccc(F)c(F)c3F)nc2n1. The first-order valence-corrected chi connectivity index (χ1v) is 8.46. The Labute approximate surface area is 150 Å². The molecular weight excluding hydrogens is 367 g/mol. The van der Waals surface area contributed by atoms with E-state index in [0.717, 1.165) is 35.3 Å². The van der Waals surface area contributed by atoms with Crippen LogP contribution in [0, 0.1) is 31.3 Å². The van der Waals surface area contributed by atoms with Crippen molar-refractivity contribution in [1.82, 2.24) is 19.6 Å². The fourth-order valence-electron chi connectivity index (χ4n) is 2.27. The molecule has 0 unspecified atom stereocenters. The number of amides is 1. The zero-order valence-electron chi connectivity index (χ0n) is 14.0. The van der Waals surface area contributed by atoms with Crippen molar-refractivity contribution in [2.45, 2.75) is 31.2 Å². The van der Waals surface area contributed by atoms with Crippen molar-refractivity contribution in [3.05, 3.63) is 47.0 Å². The molecule has 1 aromatic carbocycles. The maximum absolute atomic E-state index is 13.7. The number of carbonyl (C=O) groups is 1. The Hall–Kier alpha value is -2.62. The summed E-state index contributed by atoms with van der Waals surface area (Å²) in [5.41, 5.74) is 1.20. The van der Waals surface area contributed by atoms with Gasteiger partial charge in [0, 0.05) is 11.4 Å². The highest BCUT2D eigenvalue weighted by molar-refractivity contribution is 8.00. The minimum atomic E-state index is -1.64. The molecule has 0 bridgehead atoms. The average Bonchev–Trinajstić information content (AvgIpc) is 2.97. The van der Waals surface area contributed by atoms with Crippen LogP contribution in [0.4, 0.5) is 18.9 Å². The van der Waals surface area contributed by atoms with Crippen molar-refractivity contribution in [2.75, 3.05) is 5.32 Å². The van der Waals surface area contributed by atoms with Gasteiger partial charge in [0.25, 0.3) is 5.78 Å². The van der Waals surface area contributed by atoms with E-state index in [0.29, 0.717) is 10.9 Å². The van der Waals surface area contributed by atoms with Crippen molar-refractivity contribution >= 4 is 29.1 Å². The number of aromatic nitrogens is 4.